The van der Waals surface area contributed by atoms with Gasteiger partial charge in [-0.15, -0.1) is 0 Å². The lowest BCUT2D eigenvalue weighted by Crippen LogP contribution is -2.56. The highest BCUT2D eigenvalue weighted by atomic mass is 16.1. The number of primary amides is 1. The fraction of sp³-hybridized carbons (Fsp3) is 0.938. The Balaban J connectivity index is 1.87. The molecular weight excluding hydrogens is 250 g/mol. The van der Waals surface area contributed by atoms with Gasteiger partial charge in [-0.05, 0) is 77.0 Å². The van der Waals surface area contributed by atoms with Crippen LogP contribution in [0.5, 0.6) is 0 Å². The molecule has 0 spiro atoms. The Morgan fingerprint density at radius 2 is 2.10 bits per heavy atom. The van der Waals surface area contributed by atoms with Crippen molar-refractivity contribution in [1.82, 2.24) is 10.2 Å². The third-order valence-electron chi connectivity index (χ3n) is 5.61. The van der Waals surface area contributed by atoms with Crippen molar-refractivity contribution >= 4 is 5.91 Å². The zero-order chi connectivity index (χ0) is 14.6. The SMILES string of the molecule is CNC1(C(N)=O)CCCC1CCN1CCCC(C)CC1. The van der Waals surface area contributed by atoms with Crippen LogP contribution >= 0.6 is 0 Å². The number of rotatable bonds is 5. The number of likely N-dealkylation sites (N-methyl/N-ethyl adjacent to an activating group) is 1. The third kappa shape index (κ3) is 3.34. The fourth-order valence-electron chi connectivity index (χ4n) is 4.13. The maximum absolute atomic E-state index is 11.9. The van der Waals surface area contributed by atoms with Crippen LogP contribution in [-0.4, -0.2) is 43.0 Å². The number of carbonyl (C=O) groups is 1. The van der Waals surface area contributed by atoms with Crippen molar-refractivity contribution in [3.63, 3.8) is 0 Å². The summed E-state index contributed by atoms with van der Waals surface area (Å²) in [5.41, 5.74) is 5.23. The van der Waals surface area contributed by atoms with Crippen molar-refractivity contribution in [2.75, 3.05) is 26.7 Å². The van der Waals surface area contributed by atoms with Crippen LogP contribution in [0.15, 0.2) is 0 Å². The van der Waals surface area contributed by atoms with E-state index < -0.39 is 5.54 Å². The van der Waals surface area contributed by atoms with Crippen molar-refractivity contribution in [3.8, 4) is 0 Å². The van der Waals surface area contributed by atoms with Crippen LogP contribution in [0.2, 0.25) is 0 Å². The first-order chi connectivity index (χ1) is 9.58. The van der Waals surface area contributed by atoms with E-state index in [0.717, 1.165) is 38.1 Å². The van der Waals surface area contributed by atoms with E-state index >= 15 is 0 Å². The summed E-state index contributed by atoms with van der Waals surface area (Å²) in [4.78, 5) is 14.4. The average Bonchev–Trinajstić information content (AvgIpc) is 2.74. The van der Waals surface area contributed by atoms with Crippen LogP contribution in [0.1, 0.15) is 51.9 Å². The van der Waals surface area contributed by atoms with Crippen molar-refractivity contribution < 1.29 is 4.79 Å². The van der Waals surface area contributed by atoms with Crippen LogP contribution < -0.4 is 11.1 Å². The van der Waals surface area contributed by atoms with Gasteiger partial charge in [-0.2, -0.15) is 0 Å². The molecule has 0 aromatic rings. The summed E-state index contributed by atoms with van der Waals surface area (Å²) in [5.74, 6) is 1.12. The first kappa shape index (κ1) is 15.8. The Morgan fingerprint density at radius 1 is 1.30 bits per heavy atom. The zero-order valence-electron chi connectivity index (χ0n) is 13.2. The van der Waals surface area contributed by atoms with E-state index in [1.165, 1.54) is 32.4 Å². The molecule has 116 valence electrons. The van der Waals surface area contributed by atoms with E-state index in [1.54, 1.807) is 0 Å². The summed E-state index contributed by atoms with van der Waals surface area (Å²) in [7, 11) is 1.89. The van der Waals surface area contributed by atoms with Crippen molar-refractivity contribution in [1.29, 1.82) is 0 Å². The summed E-state index contributed by atoms with van der Waals surface area (Å²) in [6.45, 7) is 5.92. The van der Waals surface area contributed by atoms with E-state index in [-0.39, 0.29) is 5.91 Å². The zero-order valence-corrected chi connectivity index (χ0v) is 13.2. The van der Waals surface area contributed by atoms with Gasteiger partial charge in [0.2, 0.25) is 5.91 Å². The van der Waals surface area contributed by atoms with E-state index in [1.807, 2.05) is 7.05 Å². The summed E-state index contributed by atoms with van der Waals surface area (Å²) < 4.78 is 0. The number of amides is 1. The maximum atomic E-state index is 11.9. The van der Waals surface area contributed by atoms with Gasteiger partial charge in [-0.25, -0.2) is 0 Å². The van der Waals surface area contributed by atoms with Gasteiger partial charge in [-0.1, -0.05) is 13.3 Å². The second-order valence-electron chi connectivity index (χ2n) is 6.84. The lowest BCUT2D eigenvalue weighted by Gasteiger charge is -2.33. The highest BCUT2D eigenvalue weighted by Gasteiger charge is 2.46. The molecular formula is C16H31N3O. The predicted molar refractivity (Wildman–Crippen MR) is 82.4 cm³/mol. The number of nitrogens with zero attached hydrogens (tertiary/aromatic N) is 1. The summed E-state index contributed by atoms with van der Waals surface area (Å²) >= 11 is 0. The molecule has 4 heteroatoms. The van der Waals surface area contributed by atoms with Gasteiger partial charge in [0.15, 0.2) is 0 Å². The highest BCUT2D eigenvalue weighted by molar-refractivity contribution is 5.85. The van der Waals surface area contributed by atoms with Crippen molar-refractivity contribution in [2.45, 2.75) is 57.4 Å². The minimum atomic E-state index is -0.445. The summed E-state index contributed by atoms with van der Waals surface area (Å²) in [5, 5.41) is 3.24. The molecule has 4 nitrogen and oxygen atoms in total. The van der Waals surface area contributed by atoms with Crippen LogP contribution in [0.4, 0.5) is 0 Å². The Morgan fingerprint density at radius 3 is 2.80 bits per heavy atom. The topological polar surface area (TPSA) is 58.4 Å². The molecule has 1 aliphatic carbocycles. The van der Waals surface area contributed by atoms with E-state index in [4.69, 9.17) is 5.73 Å². The van der Waals surface area contributed by atoms with Gasteiger partial charge in [0, 0.05) is 0 Å². The lowest BCUT2D eigenvalue weighted by molar-refractivity contribution is -0.125. The molecule has 3 N–H and O–H groups in total. The number of carbonyl (C=O) groups excluding carboxylic acids is 1. The molecule has 2 rings (SSSR count). The fourth-order valence-corrected chi connectivity index (χ4v) is 4.13. The first-order valence-electron chi connectivity index (χ1n) is 8.29. The number of hydrogen-bond donors (Lipinski definition) is 2. The van der Waals surface area contributed by atoms with E-state index in [9.17, 15) is 4.79 Å². The number of nitrogens with two attached hydrogens (primary N) is 1. The molecule has 0 aromatic heterocycles. The third-order valence-corrected chi connectivity index (χ3v) is 5.61. The molecule has 0 radical (unpaired) electrons. The van der Waals surface area contributed by atoms with Gasteiger partial charge >= 0.3 is 0 Å². The highest BCUT2D eigenvalue weighted by Crippen LogP contribution is 2.37. The van der Waals surface area contributed by atoms with Crippen LogP contribution in [0.3, 0.4) is 0 Å². The standard InChI is InChI=1S/C16H31N3O/c1-13-5-4-10-19(11-7-13)12-8-14-6-3-9-16(14,18-2)15(17)20/h13-14,18H,3-12H2,1-2H3,(H2,17,20). The van der Waals surface area contributed by atoms with Crippen molar-refractivity contribution in [2.24, 2.45) is 17.6 Å². The molecule has 2 aliphatic rings. The van der Waals surface area contributed by atoms with Gasteiger partial charge in [0.1, 0.15) is 5.54 Å². The van der Waals surface area contributed by atoms with Gasteiger partial charge in [0.25, 0.3) is 0 Å². The molecule has 0 bridgehead atoms. The van der Waals surface area contributed by atoms with Crippen LogP contribution in [0, 0.1) is 11.8 Å². The average molecular weight is 281 g/mol. The maximum Gasteiger partial charge on any atom is 0.238 e. The number of nitrogens with one attached hydrogen (secondary N) is 1. The molecule has 3 atom stereocenters. The molecule has 3 unspecified atom stereocenters. The quantitative estimate of drug-likeness (QED) is 0.807. The van der Waals surface area contributed by atoms with E-state index in [2.05, 4.69) is 17.1 Å². The molecule has 1 saturated carbocycles. The molecule has 2 fully saturated rings. The minimum absolute atomic E-state index is 0.160. The monoisotopic (exact) mass is 281 g/mol. The molecule has 1 saturated heterocycles. The van der Waals surface area contributed by atoms with Gasteiger partial charge in [0.05, 0.1) is 0 Å². The van der Waals surface area contributed by atoms with E-state index in [0.29, 0.717) is 5.92 Å². The largest absolute Gasteiger partial charge is 0.368 e. The van der Waals surface area contributed by atoms with Gasteiger partial charge in [-0.3, -0.25) is 4.79 Å². The smallest absolute Gasteiger partial charge is 0.238 e. The predicted octanol–water partition coefficient (Wildman–Crippen LogP) is 1.74. The summed E-state index contributed by atoms with van der Waals surface area (Å²) in [6.07, 6.45) is 8.25. The Hall–Kier alpha value is -0.610. The van der Waals surface area contributed by atoms with Gasteiger partial charge < -0.3 is 16.0 Å². The normalized spacial score (nSPS) is 35.9. The number of hydrogen-bond acceptors (Lipinski definition) is 3. The molecule has 1 heterocycles. The molecule has 0 aromatic carbocycles. The second kappa shape index (κ2) is 6.90. The summed E-state index contributed by atoms with van der Waals surface area (Å²) in [6, 6.07) is 0. The minimum Gasteiger partial charge on any atom is -0.368 e. The second-order valence-corrected chi connectivity index (χ2v) is 6.84. The molecule has 20 heavy (non-hydrogen) atoms. The Labute approximate surface area is 123 Å². The van der Waals surface area contributed by atoms with Crippen LogP contribution in [-0.2, 0) is 4.79 Å². The van der Waals surface area contributed by atoms with Crippen molar-refractivity contribution in [3.05, 3.63) is 0 Å². The first-order valence-corrected chi connectivity index (χ1v) is 8.29. The molecule has 1 aliphatic heterocycles. The van der Waals surface area contributed by atoms with Crippen LogP contribution in [0.25, 0.3) is 0 Å². The molecule has 1 amide bonds. The Kier molecular flexibility index (Phi) is 5.44. The lowest BCUT2D eigenvalue weighted by atomic mass is 9.84. The Bertz CT molecular complexity index is 334. The number of likely N-dealkylation sites (tertiary alicyclic amines) is 1.